The van der Waals surface area contributed by atoms with E-state index >= 15 is 0 Å². The van der Waals surface area contributed by atoms with E-state index < -0.39 is 97.5 Å². The number of unbranched alkanes of at least 4 members (excludes halogenated alkanes) is 48. The van der Waals surface area contributed by atoms with Crippen LogP contribution in [0.5, 0.6) is 0 Å². The Labute approximate surface area is 632 Å². The first-order chi connectivity index (χ1) is 49.8. The van der Waals surface area contributed by atoms with Gasteiger partial charge in [0.2, 0.25) is 0 Å². The smallest absolute Gasteiger partial charge is 0.462 e. The molecule has 19 heteroatoms. The second kappa shape index (κ2) is 74.2. The van der Waals surface area contributed by atoms with Gasteiger partial charge in [0, 0.05) is 25.7 Å². The molecule has 0 saturated heterocycles. The maximum Gasteiger partial charge on any atom is 0.472 e. The minimum atomic E-state index is -4.97. The van der Waals surface area contributed by atoms with E-state index in [1.165, 1.54) is 250 Å². The van der Waals surface area contributed by atoms with Gasteiger partial charge in [0.05, 0.1) is 26.4 Å². The number of aliphatic hydroxyl groups is 1. The quantitative estimate of drug-likeness (QED) is 0.0222. The lowest BCUT2D eigenvalue weighted by Gasteiger charge is -2.21. The zero-order valence-electron chi connectivity index (χ0n) is 67.8. The molecule has 0 aromatic heterocycles. The van der Waals surface area contributed by atoms with Crippen molar-refractivity contribution in [2.24, 2.45) is 17.8 Å². The van der Waals surface area contributed by atoms with Crippen LogP contribution in [-0.2, 0) is 65.4 Å². The lowest BCUT2D eigenvalue weighted by Crippen LogP contribution is -2.30. The molecule has 17 nitrogen and oxygen atoms in total. The molecule has 0 aromatic rings. The van der Waals surface area contributed by atoms with Gasteiger partial charge in [0.25, 0.3) is 0 Å². The van der Waals surface area contributed by atoms with E-state index in [1.807, 2.05) is 0 Å². The number of carbonyl (C=O) groups is 4. The molecular weight excluding hydrogens is 1340 g/mol. The molecule has 103 heavy (non-hydrogen) atoms. The molecule has 0 aliphatic rings. The summed E-state index contributed by atoms with van der Waals surface area (Å²) in [6, 6.07) is 0. The summed E-state index contributed by atoms with van der Waals surface area (Å²) in [5, 5.41) is 10.7. The second-order valence-corrected chi connectivity index (χ2v) is 34.1. The van der Waals surface area contributed by atoms with Crippen LogP contribution in [-0.4, -0.2) is 96.7 Å². The van der Waals surface area contributed by atoms with Crippen molar-refractivity contribution in [2.75, 3.05) is 39.6 Å². The Morgan fingerprint density at radius 3 is 0.738 bits per heavy atom. The van der Waals surface area contributed by atoms with Gasteiger partial charge in [0.15, 0.2) is 12.2 Å². The molecule has 0 amide bonds. The van der Waals surface area contributed by atoms with Crippen LogP contribution in [0.15, 0.2) is 0 Å². The van der Waals surface area contributed by atoms with E-state index in [-0.39, 0.29) is 25.7 Å². The van der Waals surface area contributed by atoms with Crippen LogP contribution in [0.2, 0.25) is 0 Å². The van der Waals surface area contributed by atoms with Gasteiger partial charge in [-0.25, -0.2) is 9.13 Å². The van der Waals surface area contributed by atoms with Gasteiger partial charge in [-0.05, 0) is 43.4 Å². The van der Waals surface area contributed by atoms with Crippen molar-refractivity contribution in [1.29, 1.82) is 0 Å². The second-order valence-electron chi connectivity index (χ2n) is 31.2. The summed E-state index contributed by atoms with van der Waals surface area (Å²) >= 11 is 0. The number of carbonyl (C=O) groups excluding carboxylic acids is 4. The molecule has 0 aromatic carbocycles. The van der Waals surface area contributed by atoms with Crippen LogP contribution < -0.4 is 0 Å². The molecule has 0 radical (unpaired) electrons. The fourth-order valence-electron chi connectivity index (χ4n) is 13.0. The largest absolute Gasteiger partial charge is 0.472 e. The summed E-state index contributed by atoms with van der Waals surface area (Å²) in [5.41, 5.74) is 0. The van der Waals surface area contributed by atoms with Crippen molar-refractivity contribution in [3.8, 4) is 0 Å². The van der Waals surface area contributed by atoms with Crippen LogP contribution in [0.1, 0.15) is 440 Å². The molecule has 0 aliphatic heterocycles. The van der Waals surface area contributed by atoms with Crippen LogP contribution in [0.3, 0.4) is 0 Å². The lowest BCUT2D eigenvalue weighted by atomic mass is 9.99. The van der Waals surface area contributed by atoms with E-state index in [9.17, 15) is 43.2 Å². The molecule has 0 aliphatic carbocycles. The summed E-state index contributed by atoms with van der Waals surface area (Å²) in [5.74, 6) is 0.263. The van der Waals surface area contributed by atoms with Crippen molar-refractivity contribution in [3.63, 3.8) is 0 Å². The molecule has 0 rings (SSSR count). The van der Waals surface area contributed by atoms with Crippen molar-refractivity contribution in [1.82, 2.24) is 0 Å². The third-order valence-electron chi connectivity index (χ3n) is 20.4. The minimum Gasteiger partial charge on any atom is -0.462 e. The van der Waals surface area contributed by atoms with Gasteiger partial charge in [-0.3, -0.25) is 37.3 Å². The van der Waals surface area contributed by atoms with Gasteiger partial charge in [-0.2, -0.15) is 0 Å². The van der Waals surface area contributed by atoms with Gasteiger partial charge < -0.3 is 33.8 Å². The number of phosphoric ester groups is 2. The van der Waals surface area contributed by atoms with E-state index in [4.69, 9.17) is 37.0 Å². The van der Waals surface area contributed by atoms with Gasteiger partial charge in [-0.1, -0.05) is 389 Å². The average Bonchev–Trinajstić information content (AvgIpc) is 0.912. The Balaban J connectivity index is 5.25. The van der Waals surface area contributed by atoms with E-state index in [2.05, 4.69) is 48.5 Å². The van der Waals surface area contributed by atoms with E-state index in [0.717, 1.165) is 108 Å². The molecule has 4 unspecified atom stereocenters. The SMILES string of the molecule is CCCCCCCCCCCCCCCCCCCCCCCC(=O)O[C@H](COC(=O)CCCCCCCCCCCCCCCC(C)C)COP(=O)(O)OC[C@@H](O)COP(=O)(O)OC[C@@H](COC(=O)CCCCCCCCCCC(C)CC)OC(=O)CCCCCCCCCCCCC(C)CC. The number of esters is 4. The summed E-state index contributed by atoms with van der Waals surface area (Å²) in [6.07, 6.45) is 63.8. The molecule has 0 fully saturated rings. The minimum absolute atomic E-state index is 0.106. The summed E-state index contributed by atoms with van der Waals surface area (Å²) in [6.45, 7) is 12.0. The molecule has 0 bridgehead atoms. The Kier molecular flexibility index (Phi) is 72.8. The molecule has 7 atom stereocenters. The zero-order valence-corrected chi connectivity index (χ0v) is 69.6. The fourth-order valence-corrected chi connectivity index (χ4v) is 14.5. The van der Waals surface area contributed by atoms with Crippen LogP contribution >= 0.6 is 15.6 Å². The first-order valence-electron chi connectivity index (χ1n) is 43.4. The number of phosphoric acid groups is 2. The van der Waals surface area contributed by atoms with Gasteiger partial charge >= 0.3 is 39.5 Å². The predicted molar refractivity (Wildman–Crippen MR) is 423 cm³/mol. The number of aliphatic hydroxyl groups excluding tert-OH is 1. The van der Waals surface area contributed by atoms with Gasteiger partial charge in [0.1, 0.15) is 19.3 Å². The molecule has 3 N–H and O–H groups in total. The van der Waals surface area contributed by atoms with Crippen molar-refractivity contribution < 1.29 is 80.2 Å². The lowest BCUT2D eigenvalue weighted by molar-refractivity contribution is -0.161. The Hall–Kier alpha value is -1.94. The summed E-state index contributed by atoms with van der Waals surface area (Å²) < 4.78 is 68.8. The highest BCUT2D eigenvalue weighted by molar-refractivity contribution is 7.47. The summed E-state index contributed by atoms with van der Waals surface area (Å²) in [4.78, 5) is 73.2. The van der Waals surface area contributed by atoms with Gasteiger partial charge in [-0.15, -0.1) is 0 Å². The van der Waals surface area contributed by atoms with E-state index in [0.29, 0.717) is 25.7 Å². The predicted octanol–water partition coefficient (Wildman–Crippen LogP) is 25.3. The highest BCUT2D eigenvalue weighted by Crippen LogP contribution is 2.45. The number of ether oxygens (including phenoxy) is 4. The van der Waals surface area contributed by atoms with Crippen LogP contribution in [0.4, 0.5) is 0 Å². The van der Waals surface area contributed by atoms with Crippen LogP contribution in [0, 0.1) is 17.8 Å². The Bertz CT molecular complexity index is 2000. The average molecular weight is 1510 g/mol. The standard InChI is InChI=1S/C84H164O17P2/c1-8-11-12-13-14-15-16-17-18-19-20-21-22-23-24-27-31-37-46-53-60-67-83(88)100-79(71-94-81(86)65-58-51-44-36-30-28-25-26-29-34-41-48-55-62-75(4)5)73-98-102(90,91)96-69-78(85)70-97-103(92,93)99-74-80(72-95-82(87)66-59-52-45-40-39-43-50-57-64-77(7)10-3)101-84(89)68-61-54-47-38-33-32-35-42-49-56-63-76(6)9-2/h75-80,85H,8-74H2,1-7H3,(H,90,91)(H,92,93)/t76?,77?,78-,79-,80-/m1/s1. The zero-order chi connectivity index (χ0) is 75.8. The monoisotopic (exact) mass is 1510 g/mol. The topological polar surface area (TPSA) is 237 Å². The normalized spacial score (nSPS) is 14.4. The molecule has 612 valence electrons. The number of hydrogen-bond donors (Lipinski definition) is 3. The van der Waals surface area contributed by atoms with Crippen molar-refractivity contribution >= 4 is 39.5 Å². The first kappa shape index (κ1) is 101. The molecule has 0 saturated carbocycles. The maximum atomic E-state index is 13.1. The fraction of sp³-hybridized carbons (Fsp3) is 0.952. The number of hydrogen-bond acceptors (Lipinski definition) is 15. The first-order valence-corrected chi connectivity index (χ1v) is 46.4. The molecule has 0 heterocycles. The third-order valence-corrected chi connectivity index (χ3v) is 22.3. The molecular formula is C84H164O17P2. The highest BCUT2D eigenvalue weighted by atomic mass is 31.2. The number of rotatable bonds is 82. The Morgan fingerprint density at radius 2 is 0.495 bits per heavy atom. The van der Waals surface area contributed by atoms with Crippen molar-refractivity contribution in [2.45, 2.75) is 458 Å². The van der Waals surface area contributed by atoms with E-state index in [1.54, 1.807) is 0 Å². The van der Waals surface area contributed by atoms with Crippen LogP contribution in [0.25, 0.3) is 0 Å². The molecule has 0 spiro atoms. The third kappa shape index (κ3) is 75.3. The summed E-state index contributed by atoms with van der Waals surface area (Å²) in [7, 11) is -9.93. The van der Waals surface area contributed by atoms with Crippen molar-refractivity contribution in [3.05, 3.63) is 0 Å². The Morgan fingerprint density at radius 1 is 0.282 bits per heavy atom. The maximum absolute atomic E-state index is 13.1. The highest BCUT2D eigenvalue weighted by Gasteiger charge is 2.30.